The molecule has 0 bridgehead atoms. The Hall–Kier alpha value is -1.27. The van der Waals surface area contributed by atoms with E-state index in [4.69, 9.17) is 4.74 Å². The zero-order chi connectivity index (χ0) is 13.7. The largest absolute Gasteiger partial charge is 0.496 e. The van der Waals surface area contributed by atoms with Crippen LogP contribution in [0, 0.1) is 10.1 Å². The van der Waals surface area contributed by atoms with Gasteiger partial charge in [-0.1, -0.05) is 0 Å². The Morgan fingerprint density at radius 1 is 1.58 bits per heavy atom. The molecule has 1 aliphatic heterocycles. The van der Waals surface area contributed by atoms with Crippen molar-refractivity contribution in [3.8, 4) is 5.75 Å². The lowest BCUT2D eigenvalue weighted by Crippen LogP contribution is -2.33. The molecule has 1 aliphatic rings. The molecule has 6 heteroatoms. The molecule has 1 fully saturated rings. The van der Waals surface area contributed by atoms with Gasteiger partial charge in [0.25, 0.3) is 5.69 Å². The van der Waals surface area contributed by atoms with Crippen LogP contribution < -0.4 is 10.1 Å². The molecule has 1 unspecified atom stereocenters. The summed E-state index contributed by atoms with van der Waals surface area (Å²) in [4.78, 5) is 10.4. The predicted octanol–water partition coefficient (Wildman–Crippen LogP) is 2.59. The van der Waals surface area contributed by atoms with Crippen molar-refractivity contribution in [2.45, 2.75) is 25.4 Å². The number of benzene rings is 1. The topological polar surface area (TPSA) is 64.4 Å². The minimum Gasteiger partial charge on any atom is -0.496 e. The average Bonchev–Trinajstić information content (AvgIpc) is 2.45. The number of hydrogen-bond acceptors (Lipinski definition) is 5. The first-order valence-electron chi connectivity index (χ1n) is 6.33. The molecule has 0 saturated carbocycles. The van der Waals surface area contributed by atoms with Gasteiger partial charge in [-0.2, -0.15) is 11.8 Å². The van der Waals surface area contributed by atoms with Crippen LogP contribution in [0.15, 0.2) is 18.2 Å². The summed E-state index contributed by atoms with van der Waals surface area (Å²) < 4.78 is 5.25. The van der Waals surface area contributed by atoms with Gasteiger partial charge in [-0.05, 0) is 24.7 Å². The van der Waals surface area contributed by atoms with Crippen molar-refractivity contribution in [2.24, 2.45) is 0 Å². The number of hydrogen-bond donors (Lipinski definition) is 1. The summed E-state index contributed by atoms with van der Waals surface area (Å²) in [5.74, 6) is 3.04. The van der Waals surface area contributed by atoms with Crippen LogP contribution in [0.25, 0.3) is 0 Å². The van der Waals surface area contributed by atoms with Gasteiger partial charge in [0.15, 0.2) is 0 Å². The van der Waals surface area contributed by atoms with Gasteiger partial charge in [0.05, 0.1) is 12.0 Å². The van der Waals surface area contributed by atoms with Gasteiger partial charge in [0.1, 0.15) is 5.75 Å². The van der Waals surface area contributed by atoms with E-state index in [-0.39, 0.29) is 10.6 Å². The lowest BCUT2D eigenvalue weighted by atomic mass is 10.1. The molecule has 1 aromatic carbocycles. The van der Waals surface area contributed by atoms with Crippen LogP contribution in [0.5, 0.6) is 5.75 Å². The fourth-order valence-electron chi connectivity index (χ4n) is 2.17. The van der Waals surface area contributed by atoms with Crippen molar-refractivity contribution in [2.75, 3.05) is 18.6 Å². The van der Waals surface area contributed by atoms with Crippen LogP contribution >= 0.6 is 11.8 Å². The Labute approximate surface area is 116 Å². The Balaban J connectivity index is 2.04. The molecular weight excluding hydrogens is 264 g/mol. The van der Waals surface area contributed by atoms with E-state index in [2.05, 4.69) is 5.32 Å². The lowest BCUT2D eigenvalue weighted by Gasteiger charge is -2.23. The summed E-state index contributed by atoms with van der Waals surface area (Å²) in [6.07, 6.45) is 2.40. The zero-order valence-corrected chi connectivity index (χ0v) is 11.7. The van der Waals surface area contributed by atoms with Crippen LogP contribution in [-0.4, -0.2) is 29.6 Å². The maximum absolute atomic E-state index is 10.8. The molecule has 5 nitrogen and oxygen atoms in total. The molecule has 0 radical (unpaired) electrons. The van der Waals surface area contributed by atoms with Crippen molar-refractivity contribution in [1.82, 2.24) is 5.32 Å². The maximum Gasteiger partial charge on any atom is 0.270 e. The Bertz CT molecular complexity index is 448. The van der Waals surface area contributed by atoms with Crippen LogP contribution in [0.2, 0.25) is 0 Å². The highest BCUT2D eigenvalue weighted by atomic mass is 32.2. The number of rotatable bonds is 5. The number of methoxy groups -OCH3 is 1. The second-order valence-electron chi connectivity index (χ2n) is 4.55. The van der Waals surface area contributed by atoms with Crippen LogP contribution in [-0.2, 0) is 6.54 Å². The molecule has 0 aromatic heterocycles. The average molecular weight is 282 g/mol. The van der Waals surface area contributed by atoms with Crippen molar-refractivity contribution >= 4 is 17.4 Å². The zero-order valence-electron chi connectivity index (χ0n) is 10.9. The molecule has 1 N–H and O–H groups in total. The number of thioether (sulfide) groups is 1. The van der Waals surface area contributed by atoms with Crippen molar-refractivity contribution < 1.29 is 9.66 Å². The number of nitro groups is 1. The molecule has 0 spiro atoms. The number of nitrogens with one attached hydrogen (secondary N) is 1. The van der Waals surface area contributed by atoms with Gasteiger partial charge < -0.3 is 10.1 Å². The van der Waals surface area contributed by atoms with Gasteiger partial charge in [-0.3, -0.25) is 10.1 Å². The lowest BCUT2D eigenvalue weighted by molar-refractivity contribution is -0.384. The Morgan fingerprint density at radius 2 is 2.42 bits per heavy atom. The van der Waals surface area contributed by atoms with E-state index in [0.717, 1.165) is 11.3 Å². The molecule has 104 valence electrons. The number of non-ortho nitro benzene ring substituents is 1. The van der Waals surface area contributed by atoms with Crippen LogP contribution in [0.4, 0.5) is 5.69 Å². The van der Waals surface area contributed by atoms with E-state index in [1.807, 2.05) is 11.8 Å². The van der Waals surface area contributed by atoms with Gasteiger partial charge in [-0.25, -0.2) is 0 Å². The maximum atomic E-state index is 10.8. The molecule has 2 rings (SSSR count). The Morgan fingerprint density at radius 3 is 3.05 bits per heavy atom. The first-order chi connectivity index (χ1) is 9.20. The smallest absolute Gasteiger partial charge is 0.270 e. The summed E-state index contributed by atoms with van der Waals surface area (Å²) in [6.45, 7) is 0.607. The first-order valence-corrected chi connectivity index (χ1v) is 7.48. The molecule has 19 heavy (non-hydrogen) atoms. The normalized spacial score (nSPS) is 19.1. The van der Waals surface area contributed by atoms with Crippen molar-refractivity contribution in [3.63, 3.8) is 0 Å². The van der Waals surface area contributed by atoms with Gasteiger partial charge in [0, 0.05) is 36.0 Å². The third kappa shape index (κ3) is 3.84. The summed E-state index contributed by atoms with van der Waals surface area (Å²) in [5, 5.41) is 14.3. The first kappa shape index (κ1) is 14.1. The number of nitro benzene ring substituents is 1. The molecule has 0 aliphatic carbocycles. The van der Waals surface area contributed by atoms with Crippen LogP contribution in [0.3, 0.4) is 0 Å². The SMILES string of the molecule is COc1ccc([N+](=O)[O-])cc1CNC1CCCSC1. The van der Waals surface area contributed by atoms with Gasteiger partial charge in [0.2, 0.25) is 0 Å². The summed E-state index contributed by atoms with van der Waals surface area (Å²) in [5.41, 5.74) is 0.947. The van der Waals surface area contributed by atoms with E-state index < -0.39 is 0 Å². The molecule has 1 saturated heterocycles. The fourth-order valence-corrected chi connectivity index (χ4v) is 3.28. The molecule has 1 aromatic rings. The summed E-state index contributed by atoms with van der Waals surface area (Å²) >= 11 is 1.95. The van der Waals surface area contributed by atoms with E-state index in [0.29, 0.717) is 18.3 Å². The Kier molecular flexibility index (Phi) is 5.04. The highest BCUT2D eigenvalue weighted by Gasteiger charge is 2.15. The minimum absolute atomic E-state index is 0.107. The minimum atomic E-state index is -0.376. The third-order valence-corrected chi connectivity index (χ3v) is 4.43. The summed E-state index contributed by atoms with van der Waals surface area (Å²) in [7, 11) is 1.58. The van der Waals surface area contributed by atoms with E-state index in [1.54, 1.807) is 19.2 Å². The van der Waals surface area contributed by atoms with E-state index >= 15 is 0 Å². The fraction of sp³-hybridized carbons (Fsp3) is 0.538. The van der Waals surface area contributed by atoms with Crippen LogP contribution in [0.1, 0.15) is 18.4 Å². The van der Waals surface area contributed by atoms with Gasteiger partial charge >= 0.3 is 0 Å². The van der Waals surface area contributed by atoms with Gasteiger partial charge in [-0.15, -0.1) is 0 Å². The third-order valence-electron chi connectivity index (χ3n) is 3.22. The van der Waals surface area contributed by atoms with Crippen molar-refractivity contribution in [1.29, 1.82) is 0 Å². The quantitative estimate of drug-likeness (QED) is 0.664. The van der Waals surface area contributed by atoms with E-state index in [9.17, 15) is 10.1 Å². The highest BCUT2D eigenvalue weighted by Crippen LogP contribution is 2.24. The monoisotopic (exact) mass is 282 g/mol. The molecular formula is C13H18N2O3S. The second-order valence-corrected chi connectivity index (χ2v) is 5.70. The second kappa shape index (κ2) is 6.77. The number of nitrogens with zero attached hydrogens (tertiary/aromatic N) is 1. The number of ether oxygens (including phenoxy) is 1. The molecule has 0 amide bonds. The highest BCUT2D eigenvalue weighted by molar-refractivity contribution is 7.99. The molecule has 1 atom stereocenters. The standard InChI is InChI=1S/C13H18N2O3S/c1-18-13-5-4-12(15(16)17)7-10(13)8-14-11-3-2-6-19-9-11/h4-5,7,11,14H,2-3,6,8-9H2,1H3. The molecule has 1 heterocycles. The van der Waals surface area contributed by atoms with E-state index in [1.165, 1.54) is 24.7 Å². The summed E-state index contributed by atoms with van der Waals surface area (Å²) in [6, 6.07) is 5.20. The predicted molar refractivity (Wildman–Crippen MR) is 76.8 cm³/mol. The van der Waals surface area contributed by atoms with Crippen molar-refractivity contribution in [3.05, 3.63) is 33.9 Å².